The summed E-state index contributed by atoms with van der Waals surface area (Å²) in [5.74, 6) is -0.655. The highest BCUT2D eigenvalue weighted by atomic mass is 15.0. The lowest BCUT2D eigenvalue weighted by atomic mass is 10.0. The lowest BCUT2D eigenvalue weighted by Crippen LogP contribution is -1.97. The molecule has 0 bridgehead atoms. The molecule has 0 unspecified atom stereocenters. The molecule has 0 aliphatic carbocycles. The molecular formula is C20H2N10. The number of fused-ring (bicyclic) bond motifs is 6. The third-order valence-electron chi connectivity index (χ3n) is 4.29. The molecule has 0 atom stereocenters. The molecule has 0 aliphatic heterocycles. The molecule has 0 N–H and O–H groups in total. The third kappa shape index (κ3) is 2.31. The average molecular weight is 382 g/mol. The highest BCUT2D eigenvalue weighted by Crippen LogP contribution is 2.37. The van der Waals surface area contributed by atoms with Crippen molar-refractivity contribution >= 4 is 50.3 Å². The van der Waals surface area contributed by atoms with E-state index < -0.39 is 0 Å². The van der Waals surface area contributed by atoms with Crippen LogP contribution < -0.4 is 0 Å². The van der Waals surface area contributed by atoms with Gasteiger partial charge in [-0.15, -0.1) is 15.0 Å². The second-order valence-electron chi connectivity index (χ2n) is 5.78. The minimum absolute atomic E-state index is 0.00885. The normalized spacial score (nSPS) is 9.80. The summed E-state index contributed by atoms with van der Waals surface area (Å²) in [4.78, 5) is 26.6. The van der Waals surface area contributed by atoms with E-state index in [1.165, 1.54) is 12.1 Å². The molecule has 132 valence electrons. The van der Waals surface area contributed by atoms with Gasteiger partial charge in [-0.1, -0.05) is 19.7 Å². The Kier molecular flexibility index (Phi) is 3.83. The zero-order chi connectivity index (χ0) is 21.4. The van der Waals surface area contributed by atoms with Crippen molar-refractivity contribution in [1.82, 2.24) is 19.9 Å². The van der Waals surface area contributed by atoms with Crippen LogP contribution in [0.2, 0.25) is 0 Å². The lowest BCUT2D eigenvalue weighted by molar-refractivity contribution is 1.28. The maximum Gasteiger partial charge on any atom is 0.294 e. The van der Waals surface area contributed by atoms with E-state index in [9.17, 15) is 15.8 Å². The molecule has 4 rings (SSSR count). The SMILES string of the molecule is [C-]#[N+]c1nc2c(cc1C#N)c1cc(C#N)c(C#N)nc1c1nc([N+]#[C-])c([N+]#[C-])nc21. The van der Waals surface area contributed by atoms with Gasteiger partial charge in [0.25, 0.3) is 23.0 Å². The molecule has 0 spiro atoms. The second kappa shape index (κ2) is 6.49. The molecule has 3 aromatic heterocycles. The van der Waals surface area contributed by atoms with Gasteiger partial charge in [0.05, 0.1) is 17.2 Å². The number of aromatic nitrogens is 4. The van der Waals surface area contributed by atoms with Gasteiger partial charge in [-0.25, -0.2) is 4.98 Å². The van der Waals surface area contributed by atoms with E-state index in [-0.39, 0.29) is 56.3 Å². The summed E-state index contributed by atoms with van der Waals surface area (Å²) in [5, 5.41) is 28.8. The van der Waals surface area contributed by atoms with Crippen LogP contribution in [0.1, 0.15) is 16.8 Å². The Morgan fingerprint density at radius 2 is 1.07 bits per heavy atom. The minimum atomic E-state index is -0.248. The zero-order valence-electron chi connectivity index (χ0n) is 14.6. The molecule has 3 heterocycles. The van der Waals surface area contributed by atoms with E-state index in [0.29, 0.717) is 10.8 Å². The van der Waals surface area contributed by atoms with Crippen LogP contribution in [0.3, 0.4) is 0 Å². The first kappa shape index (κ1) is 17.7. The van der Waals surface area contributed by atoms with Crippen LogP contribution in [0.5, 0.6) is 0 Å². The molecule has 0 aliphatic rings. The topological polar surface area (TPSA) is 136 Å². The Morgan fingerprint density at radius 3 is 1.53 bits per heavy atom. The fourth-order valence-electron chi connectivity index (χ4n) is 3.02. The molecular weight excluding hydrogens is 380 g/mol. The summed E-state index contributed by atoms with van der Waals surface area (Å²) in [6.45, 7) is 21.8. The van der Waals surface area contributed by atoms with Crippen molar-refractivity contribution in [3.8, 4) is 18.2 Å². The number of pyridine rings is 2. The Morgan fingerprint density at radius 1 is 0.600 bits per heavy atom. The van der Waals surface area contributed by atoms with Gasteiger partial charge >= 0.3 is 0 Å². The Labute approximate surface area is 168 Å². The molecule has 0 saturated heterocycles. The summed E-state index contributed by atoms with van der Waals surface area (Å²) in [6, 6.07) is 8.50. The average Bonchev–Trinajstić information content (AvgIpc) is 2.81. The van der Waals surface area contributed by atoms with Crippen LogP contribution in [-0.2, 0) is 0 Å². The predicted octanol–water partition coefficient (Wildman–Crippen LogP) is 3.99. The van der Waals surface area contributed by atoms with Crippen molar-refractivity contribution in [3.05, 3.63) is 63.2 Å². The van der Waals surface area contributed by atoms with Gasteiger partial charge in [0.1, 0.15) is 17.7 Å². The predicted molar refractivity (Wildman–Crippen MR) is 103 cm³/mol. The van der Waals surface area contributed by atoms with Gasteiger partial charge in [-0.2, -0.15) is 15.8 Å². The maximum absolute atomic E-state index is 9.38. The first-order valence-corrected chi connectivity index (χ1v) is 7.96. The van der Waals surface area contributed by atoms with Gasteiger partial charge in [-0.05, 0) is 12.1 Å². The van der Waals surface area contributed by atoms with Gasteiger partial charge in [0, 0.05) is 10.8 Å². The van der Waals surface area contributed by atoms with Crippen LogP contribution in [0.15, 0.2) is 12.1 Å². The van der Waals surface area contributed by atoms with Gasteiger partial charge in [-0.3, -0.25) is 0 Å². The van der Waals surface area contributed by atoms with Crippen molar-refractivity contribution in [3.63, 3.8) is 0 Å². The molecule has 1 aromatic carbocycles. The Balaban J connectivity index is 2.42. The highest BCUT2D eigenvalue weighted by molar-refractivity contribution is 6.22. The monoisotopic (exact) mass is 382 g/mol. The summed E-state index contributed by atoms with van der Waals surface area (Å²) in [6.07, 6.45) is 0. The molecule has 4 aromatic rings. The Hall–Kier alpha value is -5.68. The Bertz CT molecular complexity index is 1350. The van der Waals surface area contributed by atoms with Crippen molar-refractivity contribution in [1.29, 1.82) is 15.8 Å². The van der Waals surface area contributed by atoms with Crippen LogP contribution in [-0.4, -0.2) is 19.9 Å². The van der Waals surface area contributed by atoms with Crippen molar-refractivity contribution < 1.29 is 0 Å². The molecule has 0 amide bonds. The van der Waals surface area contributed by atoms with Crippen molar-refractivity contribution in [2.45, 2.75) is 0 Å². The van der Waals surface area contributed by atoms with E-state index in [1.54, 1.807) is 0 Å². The number of hydrogen-bond acceptors (Lipinski definition) is 7. The van der Waals surface area contributed by atoms with Crippen LogP contribution in [0.25, 0.3) is 47.4 Å². The summed E-state index contributed by atoms with van der Waals surface area (Å²) < 4.78 is 0. The highest BCUT2D eigenvalue weighted by Gasteiger charge is 2.26. The van der Waals surface area contributed by atoms with Gasteiger partial charge in [0.2, 0.25) is 11.0 Å². The lowest BCUT2D eigenvalue weighted by Gasteiger charge is -2.06. The van der Waals surface area contributed by atoms with Crippen LogP contribution in [0, 0.1) is 53.7 Å². The fraction of sp³-hybridized carbons (Fsp3) is 0. The van der Waals surface area contributed by atoms with Crippen molar-refractivity contribution in [2.75, 3.05) is 0 Å². The number of rotatable bonds is 0. The minimum Gasteiger partial charge on any atom is -0.370 e. The van der Waals surface area contributed by atoms with E-state index in [0.717, 1.165) is 0 Å². The van der Waals surface area contributed by atoms with E-state index >= 15 is 0 Å². The van der Waals surface area contributed by atoms with E-state index in [1.807, 2.05) is 18.2 Å². The largest absolute Gasteiger partial charge is 0.370 e. The molecule has 10 nitrogen and oxygen atoms in total. The first-order chi connectivity index (χ1) is 14.6. The van der Waals surface area contributed by atoms with E-state index in [2.05, 4.69) is 34.5 Å². The molecule has 30 heavy (non-hydrogen) atoms. The third-order valence-corrected chi connectivity index (χ3v) is 4.29. The van der Waals surface area contributed by atoms with Crippen LogP contribution in [0.4, 0.5) is 17.5 Å². The standard InChI is InChI=1S/C20H2N10/c1-24-18-10(7-22)5-12-11-4-9(6-21)13(8-23)27-14(11)16-17(15(12)28-18)30-20(26-3)19(25-2)29-16/h4-5H. The quantitative estimate of drug-likeness (QED) is 0.331. The molecule has 10 heteroatoms. The van der Waals surface area contributed by atoms with E-state index in [4.69, 9.17) is 19.7 Å². The van der Waals surface area contributed by atoms with Crippen molar-refractivity contribution in [2.24, 2.45) is 0 Å². The van der Waals surface area contributed by atoms with Gasteiger partial charge in [0.15, 0.2) is 5.69 Å². The molecule has 0 fully saturated rings. The second-order valence-corrected chi connectivity index (χ2v) is 5.78. The smallest absolute Gasteiger partial charge is 0.294 e. The summed E-state index contributed by atoms with van der Waals surface area (Å²) in [7, 11) is 0. The fourth-order valence-corrected chi connectivity index (χ4v) is 3.02. The number of hydrogen-bond donors (Lipinski definition) is 0. The molecule has 0 radical (unpaired) electrons. The van der Waals surface area contributed by atoms with Gasteiger partial charge < -0.3 is 14.5 Å². The zero-order valence-corrected chi connectivity index (χ0v) is 14.6. The summed E-state index contributed by atoms with van der Waals surface area (Å²) >= 11 is 0. The number of nitriles is 3. The van der Waals surface area contributed by atoms with Crippen LogP contribution >= 0.6 is 0 Å². The maximum atomic E-state index is 9.38. The number of benzene rings is 1. The molecule has 0 saturated carbocycles. The number of nitrogens with zero attached hydrogens (tertiary/aromatic N) is 10. The summed E-state index contributed by atoms with van der Waals surface area (Å²) in [5.41, 5.74) is 0.426. The first-order valence-electron chi connectivity index (χ1n) is 7.96.